The summed E-state index contributed by atoms with van der Waals surface area (Å²) in [7, 11) is 0. The highest BCUT2D eigenvalue weighted by molar-refractivity contribution is 7.12. The molecule has 4 heterocycles. The average Bonchev–Trinajstić information content (AvgIpc) is 3.20. The SMILES string of the molecule is Cc1cccc(CN2CC3(CCN(C(=O)c4cccs4)CC3)OCC2=O)n1. The molecule has 0 aliphatic carbocycles. The molecule has 7 heteroatoms. The predicted molar refractivity (Wildman–Crippen MR) is 103 cm³/mol. The van der Waals surface area contributed by atoms with Crippen LogP contribution < -0.4 is 0 Å². The van der Waals surface area contributed by atoms with Crippen molar-refractivity contribution in [2.75, 3.05) is 26.2 Å². The van der Waals surface area contributed by atoms with Crippen molar-refractivity contribution in [3.63, 3.8) is 0 Å². The van der Waals surface area contributed by atoms with Gasteiger partial charge in [-0.2, -0.15) is 0 Å². The first-order chi connectivity index (χ1) is 13.0. The summed E-state index contributed by atoms with van der Waals surface area (Å²) in [6.45, 7) is 4.42. The number of ether oxygens (including phenoxy) is 1. The maximum atomic E-state index is 12.5. The molecular formula is C20H23N3O3S. The van der Waals surface area contributed by atoms with E-state index in [2.05, 4.69) is 4.98 Å². The summed E-state index contributed by atoms with van der Waals surface area (Å²) in [6.07, 6.45) is 1.49. The monoisotopic (exact) mass is 385 g/mol. The van der Waals surface area contributed by atoms with E-state index in [-0.39, 0.29) is 24.0 Å². The van der Waals surface area contributed by atoms with Gasteiger partial charge in [-0.25, -0.2) is 0 Å². The van der Waals surface area contributed by atoms with Gasteiger partial charge in [0.1, 0.15) is 6.61 Å². The van der Waals surface area contributed by atoms with Crippen LogP contribution in [0.25, 0.3) is 0 Å². The Morgan fingerprint density at radius 2 is 2.07 bits per heavy atom. The summed E-state index contributed by atoms with van der Waals surface area (Å²) in [5, 5.41) is 1.92. The maximum Gasteiger partial charge on any atom is 0.263 e. The molecule has 2 saturated heterocycles. The number of aryl methyl sites for hydroxylation is 1. The van der Waals surface area contributed by atoms with Crippen molar-refractivity contribution in [2.24, 2.45) is 0 Å². The van der Waals surface area contributed by atoms with Gasteiger partial charge >= 0.3 is 0 Å². The highest BCUT2D eigenvalue weighted by atomic mass is 32.1. The minimum Gasteiger partial charge on any atom is -0.363 e. The number of piperidine rings is 1. The lowest BCUT2D eigenvalue weighted by Crippen LogP contribution is -2.59. The fraction of sp³-hybridized carbons (Fsp3) is 0.450. The second-order valence-electron chi connectivity index (χ2n) is 7.26. The van der Waals surface area contributed by atoms with Gasteiger partial charge in [0.2, 0.25) is 5.91 Å². The van der Waals surface area contributed by atoms with E-state index in [0.29, 0.717) is 26.2 Å². The summed E-state index contributed by atoms with van der Waals surface area (Å²) < 4.78 is 5.98. The summed E-state index contributed by atoms with van der Waals surface area (Å²) >= 11 is 1.47. The number of pyridine rings is 1. The standard InChI is InChI=1S/C20H23N3O3S/c1-15-4-2-5-16(21-15)12-23-14-20(26-13-18(23)24)7-9-22(10-8-20)19(25)17-6-3-11-27-17/h2-6,11H,7-10,12-14H2,1H3. The number of carbonyl (C=O) groups is 2. The maximum absolute atomic E-state index is 12.5. The van der Waals surface area contributed by atoms with E-state index in [9.17, 15) is 9.59 Å². The van der Waals surface area contributed by atoms with Crippen LogP contribution >= 0.6 is 11.3 Å². The van der Waals surface area contributed by atoms with Crippen molar-refractivity contribution in [1.29, 1.82) is 0 Å². The number of rotatable bonds is 3. The van der Waals surface area contributed by atoms with Crippen LogP contribution in [-0.4, -0.2) is 58.4 Å². The Morgan fingerprint density at radius 1 is 1.26 bits per heavy atom. The molecule has 0 unspecified atom stereocenters. The second kappa shape index (κ2) is 7.40. The average molecular weight is 385 g/mol. The molecule has 27 heavy (non-hydrogen) atoms. The van der Waals surface area contributed by atoms with Gasteiger partial charge in [0, 0.05) is 18.8 Å². The zero-order chi connectivity index (χ0) is 18.9. The number of nitrogens with zero attached hydrogens (tertiary/aromatic N) is 3. The first-order valence-corrected chi connectivity index (χ1v) is 10.1. The highest BCUT2D eigenvalue weighted by Crippen LogP contribution is 2.32. The van der Waals surface area contributed by atoms with Gasteiger partial charge in [0.25, 0.3) is 5.91 Å². The van der Waals surface area contributed by atoms with Gasteiger partial charge in [-0.3, -0.25) is 14.6 Å². The third kappa shape index (κ3) is 3.89. The van der Waals surface area contributed by atoms with E-state index in [1.165, 1.54) is 11.3 Å². The van der Waals surface area contributed by atoms with Crippen LogP contribution in [0, 0.1) is 6.92 Å². The van der Waals surface area contributed by atoms with Crippen LogP contribution in [0.5, 0.6) is 0 Å². The minimum absolute atomic E-state index is 0.000947. The number of likely N-dealkylation sites (tertiary alicyclic amines) is 1. The Labute approximate surface area is 162 Å². The van der Waals surface area contributed by atoms with E-state index in [1.54, 1.807) is 0 Å². The number of thiophene rings is 1. The van der Waals surface area contributed by atoms with Crippen LogP contribution in [-0.2, 0) is 16.1 Å². The van der Waals surface area contributed by atoms with Gasteiger partial charge in [-0.05, 0) is 43.3 Å². The third-order valence-corrected chi connectivity index (χ3v) is 6.18. The number of carbonyl (C=O) groups excluding carboxylic acids is 2. The topological polar surface area (TPSA) is 62.7 Å². The molecule has 6 nitrogen and oxygen atoms in total. The number of morpholine rings is 1. The van der Waals surface area contributed by atoms with Crippen LogP contribution in [0.15, 0.2) is 35.7 Å². The second-order valence-corrected chi connectivity index (χ2v) is 8.21. The van der Waals surface area contributed by atoms with Gasteiger partial charge < -0.3 is 14.5 Å². The number of hydrogen-bond acceptors (Lipinski definition) is 5. The van der Waals surface area contributed by atoms with E-state index in [0.717, 1.165) is 29.1 Å². The zero-order valence-corrected chi connectivity index (χ0v) is 16.2. The zero-order valence-electron chi connectivity index (χ0n) is 15.4. The van der Waals surface area contributed by atoms with Crippen LogP contribution in [0.1, 0.15) is 33.9 Å². The predicted octanol–water partition coefficient (Wildman–Crippen LogP) is 2.49. The number of aromatic nitrogens is 1. The van der Waals surface area contributed by atoms with Gasteiger partial charge in [-0.1, -0.05) is 12.1 Å². The first kappa shape index (κ1) is 18.1. The quantitative estimate of drug-likeness (QED) is 0.814. The third-order valence-electron chi connectivity index (χ3n) is 5.33. The van der Waals surface area contributed by atoms with Crippen LogP contribution in [0.3, 0.4) is 0 Å². The first-order valence-electron chi connectivity index (χ1n) is 9.22. The Kier molecular flexibility index (Phi) is 4.97. The van der Waals surface area contributed by atoms with Crippen molar-refractivity contribution in [3.05, 3.63) is 52.0 Å². The van der Waals surface area contributed by atoms with Crippen LogP contribution in [0.4, 0.5) is 0 Å². The molecule has 2 fully saturated rings. The molecule has 0 bridgehead atoms. The smallest absolute Gasteiger partial charge is 0.263 e. The van der Waals surface area contributed by atoms with Crippen molar-refractivity contribution >= 4 is 23.2 Å². The summed E-state index contributed by atoms with van der Waals surface area (Å²) in [5.41, 5.74) is 1.48. The molecule has 0 N–H and O–H groups in total. The molecule has 2 aliphatic heterocycles. The van der Waals surface area contributed by atoms with Crippen molar-refractivity contribution in [2.45, 2.75) is 31.9 Å². The fourth-order valence-corrected chi connectivity index (χ4v) is 4.48. The molecule has 4 rings (SSSR count). The molecule has 0 saturated carbocycles. The van der Waals surface area contributed by atoms with Gasteiger partial charge in [0.05, 0.1) is 29.3 Å². The minimum atomic E-state index is -0.357. The summed E-state index contributed by atoms with van der Waals surface area (Å²) in [4.78, 5) is 33.9. The van der Waals surface area contributed by atoms with Crippen molar-refractivity contribution < 1.29 is 14.3 Å². The van der Waals surface area contributed by atoms with Crippen LogP contribution in [0.2, 0.25) is 0 Å². The Hall–Kier alpha value is -2.25. The fourth-order valence-electron chi connectivity index (χ4n) is 3.79. The Bertz CT molecular complexity index is 829. The summed E-state index contributed by atoms with van der Waals surface area (Å²) in [6, 6.07) is 9.63. The number of amides is 2. The largest absolute Gasteiger partial charge is 0.363 e. The molecule has 0 atom stereocenters. The molecule has 142 valence electrons. The molecular weight excluding hydrogens is 362 g/mol. The Balaban J connectivity index is 1.40. The molecule has 2 aliphatic rings. The summed E-state index contributed by atoms with van der Waals surface area (Å²) in [5.74, 6) is 0.0913. The molecule has 0 radical (unpaired) electrons. The normalized spacial score (nSPS) is 19.5. The van der Waals surface area contributed by atoms with Crippen molar-refractivity contribution in [1.82, 2.24) is 14.8 Å². The van der Waals surface area contributed by atoms with E-state index >= 15 is 0 Å². The van der Waals surface area contributed by atoms with E-state index in [4.69, 9.17) is 4.74 Å². The van der Waals surface area contributed by atoms with Gasteiger partial charge in [-0.15, -0.1) is 11.3 Å². The molecule has 0 aromatic carbocycles. The highest BCUT2D eigenvalue weighted by Gasteiger charge is 2.43. The van der Waals surface area contributed by atoms with E-state index in [1.807, 2.05) is 52.4 Å². The molecule has 1 spiro atoms. The molecule has 2 aromatic heterocycles. The lowest BCUT2D eigenvalue weighted by atomic mass is 9.89. The Morgan fingerprint density at radius 3 is 2.78 bits per heavy atom. The van der Waals surface area contributed by atoms with Gasteiger partial charge in [0.15, 0.2) is 0 Å². The molecule has 2 amide bonds. The lowest BCUT2D eigenvalue weighted by Gasteiger charge is -2.46. The lowest BCUT2D eigenvalue weighted by molar-refractivity contribution is -0.171. The van der Waals surface area contributed by atoms with E-state index < -0.39 is 0 Å². The number of hydrogen-bond donors (Lipinski definition) is 0. The van der Waals surface area contributed by atoms with Crippen molar-refractivity contribution in [3.8, 4) is 0 Å². The molecule has 2 aromatic rings.